The lowest BCUT2D eigenvalue weighted by Crippen LogP contribution is -2.50. The number of carbonyl (C=O) groups excluding carboxylic acids is 1. The predicted molar refractivity (Wildman–Crippen MR) is 119 cm³/mol. The first-order valence-corrected chi connectivity index (χ1v) is 10.8. The average molecular weight is 404 g/mol. The number of rotatable bonds is 4. The van der Waals surface area contributed by atoms with Crippen LogP contribution in [0, 0.1) is 5.92 Å². The van der Waals surface area contributed by atoms with E-state index >= 15 is 0 Å². The Kier molecular flexibility index (Phi) is 4.99. The Morgan fingerprint density at radius 1 is 1.13 bits per heavy atom. The highest BCUT2D eigenvalue weighted by Crippen LogP contribution is 2.44. The molecule has 0 saturated carbocycles. The topological polar surface area (TPSA) is 46.5 Å². The summed E-state index contributed by atoms with van der Waals surface area (Å²) in [6.07, 6.45) is 4.17. The second kappa shape index (κ2) is 7.80. The van der Waals surface area contributed by atoms with E-state index in [0.717, 1.165) is 24.9 Å². The van der Waals surface area contributed by atoms with Gasteiger partial charge < -0.3 is 19.5 Å². The molecule has 30 heavy (non-hydrogen) atoms. The van der Waals surface area contributed by atoms with E-state index in [4.69, 9.17) is 4.74 Å². The number of alkyl carbamates (subject to hydrolysis) is 1. The maximum atomic E-state index is 12.2. The quantitative estimate of drug-likeness (QED) is 0.714. The van der Waals surface area contributed by atoms with Gasteiger partial charge in [0.2, 0.25) is 0 Å². The summed E-state index contributed by atoms with van der Waals surface area (Å²) in [6.45, 7) is 1.96. The first-order chi connectivity index (χ1) is 14.6. The van der Waals surface area contributed by atoms with E-state index in [1.807, 2.05) is 30.3 Å². The van der Waals surface area contributed by atoms with Crippen LogP contribution >= 0.6 is 0 Å². The minimum Gasteiger partial charge on any atom is -0.445 e. The third kappa shape index (κ3) is 3.47. The summed E-state index contributed by atoms with van der Waals surface area (Å²) in [5.41, 5.74) is 5.27. The molecule has 2 aliphatic rings. The first-order valence-electron chi connectivity index (χ1n) is 10.8. The van der Waals surface area contributed by atoms with E-state index in [0.29, 0.717) is 31.0 Å². The van der Waals surface area contributed by atoms with Gasteiger partial charge in [-0.3, -0.25) is 0 Å². The van der Waals surface area contributed by atoms with Gasteiger partial charge in [0.05, 0.1) is 0 Å². The molecule has 1 N–H and O–H groups in total. The second-order valence-electron chi connectivity index (χ2n) is 8.87. The standard InChI is InChI=1S/C25H29N3O2/c1-27-14-18(13-26-25(29)30-16-17-7-4-3-5-8-17)11-21-20-9-6-10-22-24(20)19(12-23(21)27)15-28(22)2/h3-10,15,18,21,23H,11-14,16H2,1-2H3,(H,26,29)/t18-,21-,23+/m0/s1. The van der Waals surface area contributed by atoms with Crippen LogP contribution in [0.4, 0.5) is 4.79 Å². The molecule has 3 atom stereocenters. The minimum absolute atomic E-state index is 0.306. The zero-order valence-electron chi connectivity index (χ0n) is 17.7. The van der Waals surface area contributed by atoms with Gasteiger partial charge in [-0.2, -0.15) is 0 Å². The SMILES string of the molecule is CN1C[C@H](CNC(=O)OCc2ccccc2)C[C@H]2c3cccc4c3c(cn4C)C[C@H]21. The van der Waals surface area contributed by atoms with Crippen LogP contribution in [0.5, 0.6) is 0 Å². The van der Waals surface area contributed by atoms with Crippen molar-refractivity contribution < 1.29 is 9.53 Å². The Morgan fingerprint density at radius 2 is 1.97 bits per heavy atom. The molecule has 5 rings (SSSR count). The van der Waals surface area contributed by atoms with E-state index in [1.165, 1.54) is 22.0 Å². The fraction of sp³-hybridized carbons (Fsp3) is 0.400. The number of likely N-dealkylation sites (N-methyl/N-ethyl adjacent to an activating group) is 1. The van der Waals surface area contributed by atoms with Gasteiger partial charge in [-0.25, -0.2) is 4.79 Å². The Morgan fingerprint density at radius 3 is 2.80 bits per heavy atom. The van der Waals surface area contributed by atoms with Crippen molar-refractivity contribution in [3.8, 4) is 0 Å². The number of fused-ring (bicyclic) bond motifs is 2. The lowest BCUT2D eigenvalue weighted by Gasteiger charge is -2.45. The van der Waals surface area contributed by atoms with Crippen molar-refractivity contribution in [1.82, 2.24) is 14.8 Å². The molecule has 156 valence electrons. The lowest BCUT2D eigenvalue weighted by molar-refractivity contribution is 0.104. The third-order valence-corrected chi connectivity index (χ3v) is 6.87. The number of nitrogens with one attached hydrogen (secondary N) is 1. The lowest BCUT2D eigenvalue weighted by atomic mass is 9.72. The van der Waals surface area contributed by atoms with Gasteiger partial charge in [-0.15, -0.1) is 0 Å². The minimum atomic E-state index is -0.334. The molecule has 1 amide bonds. The van der Waals surface area contributed by atoms with Crippen LogP contribution in [0.1, 0.15) is 29.0 Å². The summed E-state index contributed by atoms with van der Waals surface area (Å²) in [4.78, 5) is 14.7. The summed E-state index contributed by atoms with van der Waals surface area (Å²) in [7, 11) is 4.37. The van der Waals surface area contributed by atoms with Gasteiger partial charge in [0.1, 0.15) is 6.61 Å². The predicted octanol–water partition coefficient (Wildman–Crippen LogP) is 4.06. The zero-order valence-corrected chi connectivity index (χ0v) is 17.7. The first kappa shape index (κ1) is 19.2. The molecule has 0 radical (unpaired) electrons. The van der Waals surface area contributed by atoms with Gasteiger partial charge in [0.25, 0.3) is 0 Å². The Hall–Kier alpha value is -2.79. The van der Waals surface area contributed by atoms with Crippen LogP contribution in [0.15, 0.2) is 54.7 Å². The van der Waals surface area contributed by atoms with Crippen LogP contribution in [0.2, 0.25) is 0 Å². The molecule has 1 aliphatic heterocycles. The number of likely N-dealkylation sites (tertiary alicyclic amines) is 1. The van der Waals surface area contributed by atoms with Gasteiger partial charge in [-0.05, 0) is 48.6 Å². The van der Waals surface area contributed by atoms with Crippen LogP contribution in [0.25, 0.3) is 10.9 Å². The van der Waals surface area contributed by atoms with Crippen LogP contribution in [-0.4, -0.2) is 41.7 Å². The molecule has 2 heterocycles. The van der Waals surface area contributed by atoms with E-state index in [2.05, 4.69) is 53.3 Å². The van der Waals surface area contributed by atoms with Gasteiger partial charge in [-0.1, -0.05) is 42.5 Å². The normalized spacial score (nSPS) is 23.2. The summed E-state index contributed by atoms with van der Waals surface area (Å²) in [6, 6.07) is 17.0. The van der Waals surface area contributed by atoms with Crippen LogP contribution in [-0.2, 0) is 24.8 Å². The zero-order chi connectivity index (χ0) is 20.7. The molecule has 1 saturated heterocycles. The van der Waals surface area contributed by atoms with E-state index in [9.17, 15) is 4.79 Å². The third-order valence-electron chi connectivity index (χ3n) is 6.87. The molecule has 0 unspecified atom stereocenters. The molecule has 0 spiro atoms. The number of carbonyl (C=O) groups is 1. The molecule has 1 aromatic heterocycles. The van der Waals surface area contributed by atoms with Crippen molar-refractivity contribution in [3.63, 3.8) is 0 Å². The maximum Gasteiger partial charge on any atom is 0.407 e. The smallest absolute Gasteiger partial charge is 0.407 e. The highest BCUT2D eigenvalue weighted by molar-refractivity contribution is 5.89. The van der Waals surface area contributed by atoms with Gasteiger partial charge in [0.15, 0.2) is 0 Å². The van der Waals surface area contributed by atoms with Crippen molar-refractivity contribution in [1.29, 1.82) is 0 Å². The number of ether oxygens (including phenoxy) is 1. The van der Waals surface area contributed by atoms with E-state index in [1.54, 1.807) is 0 Å². The molecule has 1 aliphatic carbocycles. The highest BCUT2D eigenvalue weighted by Gasteiger charge is 2.39. The summed E-state index contributed by atoms with van der Waals surface area (Å²) < 4.78 is 7.64. The van der Waals surface area contributed by atoms with E-state index < -0.39 is 0 Å². The van der Waals surface area contributed by atoms with Crippen molar-refractivity contribution in [3.05, 3.63) is 71.4 Å². The van der Waals surface area contributed by atoms with E-state index in [-0.39, 0.29) is 6.09 Å². The van der Waals surface area contributed by atoms with Gasteiger partial charge in [0, 0.05) is 49.2 Å². The number of aromatic nitrogens is 1. The fourth-order valence-electron chi connectivity index (χ4n) is 5.48. The Bertz CT molecular complexity index is 1060. The average Bonchev–Trinajstić information content (AvgIpc) is 3.09. The largest absolute Gasteiger partial charge is 0.445 e. The Labute approximate surface area is 177 Å². The van der Waals surface area contributed by atoms with Crippen molar-refractivity contribution in [2.75, 3.05) is 20.1 Å². The number of aryl methyl sites for hydroxylation is 1. The van der Waals surface area contributed by atoms with Crippen LogP contribution < -0.4 is 5.32 Å². The van der Waals surface area contributed by atoms with Crippen molar-refractivity contribution >= 4 is 17.0 Å². The molecule has 0 bridgehead atoms. The van der Waals surface area contributed by atoms with Gasteiger partial charge >= 0.3 is 6.09 Å². The number of nitrogens with zero attached hydrogens (tertiary/aromatic N) is 2. The second-order valence-corrected chi connectivity index (χ2v) is 8.87. The maximum absolute atomic E-state index is 12.2. The van der Waals surface area contributed by atoms with Crippen LogP contribution in [0.3, 0.4) is 0 Å². The van der Waals surface area contributed by atoms with Crippen molar-refractivity contribution in [2.45, 2.75) is 31.4 Å². The molecular weight excluding hydrogens is 374 g/mol. The number of hydrogen-bond donors (Lipinski definition) is 1. The number of hydrogen-bond acceptors (Lipinski definition) is 3. The molecule has 5 heteroatoms. The van der Waals surface area contributed by atoms with Crippen molar-refractivity contribution in [2.24, 2.45) is 13.0 Å². The molecule has 2 aromatic carbocycles. The monoisotopic (exact) mass is 403 g/mol. The number of piperidine rings is 1. The molecular formula is C25H29N3O2. The summed E-state index contributed by atoms with van der Waals surface area (Å²) in [5, 5.41) is 4.44. The Balaban J connectivity index is 1.25. The molecule has 3 aromatic rings. The number of benzene rings is 2. The summed E-state index contributed by atoms with van der Waals surface area (Å²) >= 11 is 0. The molecule has 1 fully saturated rings. The number of amides is 1. The highest BCUT2D eigenvalue weighted by atomic mass is 16.5. The molecule has 5 nitrogen and oxygen atoms in total. The fourth-order valence-corrected chi connectivity index (χ4v) is 5.48. The summed E-state index contributed by atoms with van der Waals surface area (Å²) in [5.74, 6) is 0.926.